The highest BCUT2D eigenvalue weighted by molar-refractivity contribution is 5.79. The summed E-state index contributed by atoms with van der Waals surface area (Å²) in [6.45, 7) is 4.09. The summed E-state index contributed by atoms with van der Waals surface area (Å²) in [6, 6.07) is 17.9. The maximum Gasteiger partial charge on any atom is 0.178 e. The largest absolute Gasteiger partial charge is 0.392 e. The monoisotopic (exact) mass is 341 g/mol. The molecule has 0 aliphatic carbocycles. The number of aliphatic hydroxyl groups excluding tert-OH is 1. The number of aromatic nitrogens is 3. The Morgan fingerprint density at radius 1 is 0.885 bits per heavy atom. The van der Waals surface area contributed by atoms with E-state index < -0.39 is 0 Å². The standard InChI is InChI=1S/C22H19N3O/c1-14-7-10-20(22-23-12-17-5-3-4-6-19(17)25-22)24-21(14)16-8-9-18(13-26)15(2)11-16/h3-12,26H,13H2,1-2H3. The van der Waals surface area contributed by atoms with Gasteiger partial charge in [0.25, 0.3) is 0 Å². The number of pyridine rings is 1. The molecule has 0 atom stereocenters. The molecule has 1 N–H and O–H groups in total. The normalized spacial score (nSPS) is 11.0. The molecule has 0 saturated heterocycles. The summed E-state index contributed by atoms with van der Waals surface area (Å²) in [7, 11) is 0. The average molecular weight is 341 g/mol. The first-order valence-electron chi connectivity index (χ1n) is 8.56. The van der Waals surface area contributed by atoms with Gasteiger partial charge in [0.15, 0.2) is 5.82 Å². The van der Waals surface area contributed by atoms with Crippen LogP contribution in [0.25, 0.3) is 33.7 Å². The van der Waals surface area contributed by atoms with Crippen molar-refractivity contribution in [1.82, 2.24) is 15.0 Å². The quantitative estimate of drug-likeness (QED) is 0.597. The van der Waals surface area contributed by atoms with Crippen LogP contribution >= 0.6 is 0 Å². The van der Waals surface area contributed by atoms with E-state index in [1.54, 1.807) is 0 Å². The van der Waals surface area contributed by atoms with E-state index >= 15 is 0 Å². The van der Waals surface area contributed by atoms with Gasteiger partial charge in [-0.25, -0.2) is 15.0 Å². The van der Waals surface area contributed by atoms with Crippen LogP contribution in [0.3, 0.4) is 0 Å². The van der Waals surface area contributed by atoms with Crippen molar-refractivity contribution in [2.24, 2.45) is 0 Å². The zero-order valence-corrected chi connectivity index (χ0v) is 14.8. The number of aryl methyl sites for hydroxylation is 2. The van der Waals surface area contributed by atoms with E-state index in [1.807, 2.05) is 68.6 Å². The average Bonchev–Trinajstić information content (AvgIpc) is 2.68. The number of benzene rings is 2. The van der Waals surface area contributed by atoms with Gasteiger partial charge in [-0.2, -0.15) is 0 Å². The summed E-state index contributed by atoms with van der Waals surface area (Å²) in [5.41, 5.74) is 6.67. The molecular formula is C22H19N3O. The van der Waals surface area contributed by atoms with Gasteiger partial charge in [0.05, 0.1) is 17.8 Å². The van der Waals surface area contributed by atoms with E-state index in [0.717, 1.165) is 44.5 Å². The molecule has 26 heavy (non-hydrogen) atoms. The first kappa shape index (κ1) is 16.4. The third-order valence-electron chi connectivity index (χ3n) is 4.60. The first-order chi connectivity index (χ1) is 12.7. The predicted octanol–water partition coefficient (Wildman–Crippen LogP) is 4.47. The van der Waals surface area contributed by atoms with Crippen molar-refractivity contribution in [1.29, 1.82) is 0 Å². The van der Waals surface area contributed by atoms with Gasteiger partial charge in [-0.3, -0.25) is 0 Å². The molecule has 4 aromatic rings. The zero-order chi connectivity index (χ0) is 18.1. The molecule has 0 aliphatic rings. The summed E-state index contributed by atoms with van der Waals surface area (Å²) < 4.78 is 0. The molecule has 0 unspecified atom stereocenters. The van der Waals surface area contributed by atoms with Crippen molar-refractivity contribution < 1.29 is 5.11 Å². The lowest BCUT2D eigenvalue weighted by atomic mass is 10.0. The smallest absolute Gasteiger partial charge is 0.178 e. The molecule has 128 valence electrons. The molecule has 2 heterocycles. The molecule has 0 spiro atoms. The van der Waals surface area contributed by atoms with Gasteiger partial charge in [0.1, 0.15) is 5.69 Å². The van der Waals surface area contributed by atoms with Crippen molar-refractivity contribution in [2.45, 2.75) is 20.5 Å². The van der Waals surface area contributed by atoms with E-state index in [2.05, 4.69) is 16.0 Å². The van der Waals surface area contributed by atoms with E-state index in [0.29, 0.717) is 5.82 Å². The first-order valence-corrected chi connectivity index (χ1v) is 8.56. The van der Waals surface area contributed by atoms with Crippen LogP contribution in [0.4, 0.5) is 0 Å². The van der Waals surface area contributed by atoms with Crippen LogP contribution in [-0.4, -0.2) is 20.1 Å². The van der Waals surface area contributed by atoms with Crippen LogP contribution < -0.4 is 0 Å². The Morgan fingerprint density at radius 2 is 1.73 bits per heavy atom. The van der Waals surface area contributed by atoms with Gasteiger partial charge in [-0.1, -0.05) is 36.4 Å². The molecule has 0 bridgehead atoms. The molecule has 0 amide bonds. The molecule has 2 aromatic heterocycles. The highest BCUT2D eigenvalue weighted by atomic mass is 16.3. The SMILES string of the molecule is Cc1cc(-c2nc(-c3ncc4ccccc4n3)ccc2C)ccc1CO. The topological polar surface area (TPSA) is 58.9 Å². The fourth-order valence-corrected chi connectivity index (χ4v) is 3.06. The second kappa shape index (κ2) is 6.65. The Morgan fingerprint density at radius 3 is 2.54 bits per heavy atom. The van der Waals surface area contributed by atoms with E-state index in [1.165, 1.54) is 0 Å². The van der Waals surface area contributed by atoms with Gasteiger partial charge in [0.2, 0.25) is 0 Å². The van der Waals surface area contributed by atoms with Crippen LogP contribution in [0, 0.1) is 13.8 Å². The minimum atomic E-state index is 0.0451. The molecule has 4 rings (SSSR count). The third-order valence-corrected chi connectivity index (χ3v) is 4.60. The lowest BCUT2D eigenvalue weighted by Gasteiger charge is -2.10. The molecular weight excluding hydrogens is 322 g/mol. The minimum absolute atomic E-state index is 0.0451. The van der Waals surface area contributed by atoms with E-state index in [9.17, 15) is 5.11 Å². The van der Waals surface area contributed by atoms with Gasteiger partial charge in [0, 0.05) is 17.1 Å². The number of fused-ring (bicyclic) bond motifs is 1. The van der Waals surface area contributed by atoms with Crippen LogP contribution in [0.1, 0.15) is 16.7 Å². The number of aliphatic hydroxyl groups is 1. The Balaban J connectivity index is 1.81. The zero-order valence-electron chi connectivity index (χ0n) is 14.8. The predicted molar refractivity (Wildman–Crippen MR) is 104 cm³/mol. The van der Waals surface area contributed by atoms with Gasteiger partial charge in [-0.15, -0.1) is 0 Å². The van der Waals surface area contributed by atoms with Crippen LogP contribution in [0.2, 0.25) is 0 Å². The minimum Gasteiger partial charge on any atom is -0.392 e. The number of rotatable bonds is 3. The van der Waals surface area contributed by atoms with Crippen molar-refractivity contribution in [3.8, 4) is 22.8 Å². The van der Waals surface area contributed by atoms with Gasteiger partial charge < -0.3 is 5.11 Å². The van der Waals surface area contributed by atoms with Crippen molar-refractivity contribution in [3.05, 3.63) is 77.5 Å². The number of para-hydroxylation sites is 1. The van der Waals surface area contributed by atoms with Crippen molar-refractivity contribution in [2.75, 3.05) is 0 Å². The Labute approximate surface area is 152 Å². The van der Waals surface area contributed by atoms with Crippen molar-refractivity contribution in [3.63, 3.8) is 0 Å². The lowest BCUT2D eigenvalue weighted by Crippen LogP contribution is -1.97. The number of hydrogen-bond acceptors (Lipinski definition) is 4. The van der Waals surface area contributed by atoms with Crippen LogP contribution in [-0.2, 0) is 6.61 Å². The molecule has 4 heteroatoms. The fraction of sp³-hybridized carbons (Fsp3) is 0.136. The Bertz CT molecular complexity index is 1110. The molecule has 0 saturated carbocycles. The van der Waals surface area contributed by atoms with Crippen LogP contribution in [0.15, 0.2) is 60.8 Å². The molecule has 0 radical (unpaired) electrons. The summed E-state index contributed by atoms with van der Waals surface area (Å²) in [4.78, 5) is 14.0. The molecule has 0 fully saturated rings. The highest BCUT2D eigenvalue weighted by Crippen LogP contribution is 2.27. The summed E-state index contributed by atoms with van der Waals surface area (Å²) in [5.74, 6) is 0.619. The Kier molecular flexibility index (Phi) is 4.19. The van der Waals surface area contributed by atoms with Crippen molar-refractivity contribution >= 4 is 10.9 Å². The molecule has 0 aliphatic heterocycles. The van der Waals surface area contributed by atoms with Crippen LogP contribution in [0.5, 0.6) is 0 Å². The van der Waals surface area contributed by atoms with E-state index in [-0.39, 0.29) is 6.61 Å². The third kappa shape index (κ3) is 2.95. The molecule has 2 aromatic carbocycles. The summed E-state index contributed by atoms with van der Waals surface area (Å²) in [6.07, 6.45) is 1.83. The number of hydrogen-bond donors (Lipinski definition) is 1. The lowest BCUT2D eigenvalue weighted by molar-refractivity contribution is 0.281. The highest BCUT2D eigenvalue weighted by Gasteiger charge is 2.10. The Hall–Kier alpha value is -3.11. The van der Waals surface area contributed by atoms with Gasteiger partial charge >= 0.3 is 0 Å². The van der Waals surface area contributed by atoms with E-state index in [4.69, 9.17) is 4.98 Å². The maximum absolute atomic E-state index is 9.38. The molecule has 4 nitrogen and oxygen atoms in total. The second-order valence-electron chi connectivity index (χ2n) is 6.41. The van der Waals surface area contributed by atoms with Gasteiger partial charge in [-0.05, 0) is 48.7 Å². The number of nitrogens with zero attached hydrogens (tertiary/aromatic N) is 3. The maximum atomic E-state index is 9.38. The summed E-state index contributed by atoms with van der Waals surface area (Å²) >= 11 is 0. The fourth-order valence-electron chi connectivity index (χ4n) is 3.06. The second-order valence-corrected chi connectivity index (χ2v) is 6.41. The summed E-state index contributed by atoms with van der Waals surface area (Å²) in [5, 5.41) is 10.4.